The lowest BCUT2D eigenvalue weighted by atomic mass is 10.3. The molecule has 0 aliphatic heterocycles. The van der Waals surface area contributed by atoms with Gasteiger partial charge in [0, 0.05) is 11.8 Å². The zero-order valence-electron chi connectivity index (χ0n) is 10.6. The molecule has 0 aliphatic rings. The molecule has 1 N–H and O–H groups in total. The number of fused-ring (bicyclic) bond motifs is 1. The maximum atomic E-state index is 11.9. The van der Waals surface area contributed by atoms with E-state index < -0.39 is 0 Å². The molecular formula is C13H17N3OS. The molecule has 2 aromatic rings. The molecular weight excluding hydrogens is 246 g/mol. The van der Waals surface area contributed by atoms with Crippen LogP contribution in [0.25, 0.3) is 11.0 Å². The van der Waals surface area contributed by atoms with Crippen molar-refractivity contribution in [1.29, 1.82) is 0 Å². The summed E-state index contributed by atoms with van der Waals surface area (Å²) in [5.41, 5.74) is 1.91. The van der Waals surface area contributed by atoms with E-state index in [0.717, 1.165) is 16.8 Å². The number of rotatable bonds is 5. The van der Waals surface area contributed by atoms with E-state index in [0.29, 0.717) is 6.54 Å². The van der Waals surface area contributed by atoms with Gasteiger partial charge in [-0.2, -0.15) is 11.8 Å². The lowest BCUT2D eigenvalue weighted by molar-refractivity contribution is -0.122. The Labute approximate surface area is 111 Å². The van der Waals surface area contributed by atoms with E-state index in [4.69, 9.17) is 0 Å². The molecule has 0 unspecified atom stereocenters. The van der Waals surface area contributed by atoms with Crippen LogP contribution < -0.4 is 5.32 Å². The minimum atomic E-state index is 0.0275. The van der Waals surface area contributed by atoms with Crippen molar-refractivity contribution in [3.63, 3.8) is 0 Å². The monoisotopic (exact) mass is 263 g/mol. The molecule has 18 heavy (non-hydrogen) atoms. The predicted octanol–water partition coefficient (Wildman–Crippen LogP) is 1.90. The number of carbonyl (C=O) groups is 1. The van der Waals surface area contributed by atoms with Crippen LogP contribution in [0.3, 0.4) is 0 Å². The van der Waals surface area contributed by atoms with Crippen LogP contribution in [-0.2, 0) is 11.3 Å². The molecule has 0 spiro atoms. The van der Waals surface area contributed by atoms with Gasteiger partial charge in [0.2, 0.25) is 5.91 Å². The molecule has 1 atom stereocenters. The van der Waals surface area contributed by atoms with Crippen LogP contribution in [-0.4, -0.2) is 33.5 Å². The maximum absolute atomic E-state index is 11.9. The number of aromatic nitrogens is 2. The highest BCUT2D eigenvalue weighted by atomic mass is 32.2. The summed E-state index contributed by atoms with van der Waals surface area (Å²) in [6, 6.07) is 8.01. The summed E-state index contributed by atoms with van der Waals surface area (Å²) in [6.45, 7) is 2.33. The third-order valence-corrected chi connectivity index (χ3v) is 3.50. The molecule has 2 rings (SSSR count). The number of benzene rings is 1. The van der Waals surface area contributed by atoms with Crippen molar-refractivity contribution in [2.75, 3.05) is 12.0 Å². The van der Waals surface area contributed by atoms with Gasteiger partial charge < -0.3 is 9.88 Å². The number of nitrogens with zero attached hydrogens (tertiary/aromatic N) is 2. The number of nitrogens with one attached hydrogen (secondary N) is 1. The molecule has 4 nitrogen and oxygen atoms in total. The molecule has 0 fully saturated rings. The second-order valence-electron chi connectivity index (χ2n) is 4.29. The molecule has 1 amide bonds. The highest BCUT2D eigenvalue weighted by Crippen LogP contribution is 2.11. The van der Waals surface area contributed by atoms with Crippen LogP contribution in [0.2, 0.25) is 0 Å². The molecule has 1 aromatic heterocycles. The first-order valence-electron chi connectivity index (χ1n) is 5.89. The molecule has 5 heteroatoms. The Morgan fingerprint density at radius 2 is 2.28 bits per heavy atom. The summed E-state index contributed by atoms with van der Waals surface area (Å²) in [5, 5.41) is 2.98. The first-order chi connectivity index (χ1) is 8.70. The van der Waals surface area contributed by atoms with Gasteiger partial charge in [-0.3, -0.25) is 4.79 Å². The van der Waals surface area contributed by atoms with Crippen LogP contribution >= 0.6 is 11.8 Å². The lowest BCUT2D eigenvalue weighted by Crippen LogP contribution is -2.36. The molecule has 0 saturated heterocycles. The highest BCUT2D eigenvalue weighted by molar-refractivity contribution is 7.98. The number of amides is 1. The van der Waals surface area contributed by atoms with Crippen LogP contribution in [0.5, 0.6) is 0 Å². The summed E-state index contributed by atoms with van der Waals surface area (Å²) in [7, 11) is 0. The van der Waals surface area contributed by atoms with Crippen LogP contribution in [0.1, 0.15) is 6.92 Å². The van der Waals surface area contributed by atoms with E-state index in [-0.39, 0.29) is 11.9 Å². The molecule has 1 aromatic carbocycles. The van der Waals surface area contributed by atoms with Gasteiger partial charge in [0.1, 0.15) is 6.54 Å². The normalized spacial score (nSPS) is 12.6. The van der Waals surface area contributed by atoms with Crippen molar-refractivity contribution >= 4 is 28.7 Å². The first kappa shape index (κ1) is 13.0. The van der Waals surface area contributed by atoms with Gasteiger partial charge in [-0.1, -0.05) is 12.1 Å². The second-order valence-corrected chi connectivity index (χ2v) is 5.20. The quantitative estimate of drug-likeness (QED) is 0.896. The second kappa shape index (κ2) is 5.91. The number of imidazole rings is 1. The van der Waals surface area contributed by atoms with Crippen molar-refractivity contribution in [2.45, 2.75) is 19.5 Å². The Kier molecular flexibility index (Phi) is 4.25. The van der Waals surface area contributed by atoms with E-state index in [9.17, 15) is 4.79 Å². The van der Waals surface area contributed by atoms with Gasteiger partial charge in [-0.15, -0.1) is 0 Å². The van der Waals surface area contributed by atoms with E-state index >= 15 is 0 Å². The molecule has 0 aliphatic carbocycles. The van der Waals surface area contributed by atoms with Gasteiger partial charge in [0.15, 0.2) is 0 Å². The predicted molar refractivity (Wildman–Crippen MR) is 75.7 cm³/mol. The smallest absolute Gasteiger partial charge is 0.240 e. The zero-order valence-corrected chi connectivity index (χ0v) is 11.4. The maximum Gasteiger partial charge on any atom is 0.240 e. The Morgan fingerprint density at radius 1 is 1.50 bits per heavy atom. The summed E-state index contributed by atoms with van der Waals surface area (Å²) < 4.78 is 1.87. The van der Waals surface area contributed by atoms with E-state index in [1.807, 2.05) is 42.0 Å². The van der Waals surface area contributed by atoms with E-state index in [1.165, 1.54) is 0 Å². The van der Waals surface area contributed by atoms with Gasteiger partial charge >= 0.3 is 0 Å². The van der Waals surface area contributed by atoms with Crippen molar-refractivity contribution in [3.05, 3.63) is 30.6 Å². The number of carbonyl (C=O) groups excluding carboxylic acids is 1. The van der Waals surface area contributed by atoms with Gasteiger partial charge in [0.05, 0.1) is 17.4 Å². The summed E-state index contributed by atoms with van der Waals surface area (Å²) in [5.74, 6) is 0.955. The fourth-order valence-electron chi connectivity index (χ4n) is 1.90. The van der Waals surface area contributed by atoms with E-state index in [1.54, 1.807) is 18.1 Å². The largest absolute Gasteiger partial charge is 0.351 e. The van der Waals surface area contributed by atoms with Gasteiger partial charge in [-0.05, 0) is 25.3 Å². The van der Waals surface area contributed by atoms with Crippen LogP contribution in [0.4, 0.5) is 0 Å². The summed E-state index contributed by atoms with van der Waals surface area (Å²) in [4.78, 5) is 16.1. The number of para-hydroxylation sites is 2. The standard InChI is InChI=1S/C13H17N3OS/c1-10(8-18-2)15-13(17)7-16-9-14-11-5-3-4-6-12(11)16/h3-6,9-10H,7-8H2,1-2H3,(H,15,17)/t10-/m1/s1. The first-order valence-corrected chi connectivity index (χ1v) is 7.28. The molecule has 1 heterocycles. The summed E-state index contributed by atoms with van der Waals surface area (Å²) in [6.07, 6.45) is 3.75. The molecule has 0 bridgehead atoms. The number of thioether (sulfide) groups is 1. The third kappa shape index (κ3) is 3.04. The Morgan fingerprint density at radius 3 is 3.06 bits per heavy atom. The third-order valence-electron chi connectivity index (χ3n) is 2.67. The number of hydrogen-bond donors (Lipinski definition) is 1. The average molecular weight is 263 g/mol. The SMILES string of the molecule is CSC[C@@H](C)NC(=O)Cn1cnc2ccccc21. The summed E-state index contributed by atoms with van der Waals surface area (Å²) >= 11 is 1.73. The van der Waals surface area contributed by atoms with Crippen LogP contribution in [0.15, 0.2) is 30.6 Å². The highest BCUT2D eigenvalue weighted by Gasteiger charge is 2.09. The lowest BCUT2D eigenvalue weighted by Gasteiger charge is -2.12. The average Bonchev–Trinajstić information content (AvgIpc) is 2.73. The fourth-order valence-corrected chi connectivity index (χ4v) is 2.49. The van der Waals surface area contributed by atoms with Crippen molar-refractivity contribution < 1.29 is 4.79 Å². The Balaban J connectivity index is 2.03. The Hall–Kier alpha value is -1.49. The van der Waals surface area contributed by atoms with Crippen molar-refractivity contribution in [2.24, 2.45) is 0 Å². The fraction of sp³-hybridized carbons (Fsp3) is 0.385. The van der Waals surface area contributed by atoms with Gasteiger partial charge in [-0.25, -0.2) is 4.98 Å². The van der Waals surface area contributed by atoms with E-state index in [2.05, 4.69) is 10.3 Å². The molecule has 96 valence electrons. The molecule has 0 radical (unpaired) electrons. The van der Waals surface area contributed by atoms with Crippen molar-refractivity contribution in [1.82, 2.24) is 14.9 Å². The molecule has 0 saturated carbocycles. The number of hydrogen-bond acceptors (Lipinski definition) is 3. The van der Waals surface area contributed by atoms with Gasteiger partial charge in [0.25, 0.3) is 0 Å². The minimum Gasteiger partial charge on any atom is -0.351 e. The zero-order chi connectivity index (χ0) is 13.0. The van der Waals surface area contributed by atoms with Crippen LogP contribution in [0, 0.1) is 0 Å². The minimum absolute atomic E-state index is 0.0275. The Bertz CT molecular complexity index is 538. The van der Waals surface area contributed by atoms with Crippen molar-refractivity contribution in [3.8, 4) is 0 Å². The topological polar surface area (TPSA) is 46.9 Å².